The molecule has 0 aliphatic heterocycles. The topological polar surface area (TPSA) is 30.5 Å². The highest BCUT2D eigenvalue weighted by Gasteiger charge is 2.09. The Morgan fingerprint density at radius 1 is 1.30 bits per heavy atom. The summed E-state index contributed by atoms with van der Waals surface area (Å²) < 4.78 is 11.6. The summed E-state index contributed by atoms with van der Waals surface area (Å²) in [5, 5.41) is 3.48. The Kier molecular flexibility index (Phi) is 7.10. The number of methoxy groups -OCH3 is 2. The maximum Gasteiger partial charge on any atom is 0.161 e. The molecule has 1 atom stereocenters. The van der Waals surface area contributed by atoms with E-state index in [9.17, 15) is 0 Å². The van der Waals surface area contributed by atoms with E-state index in [2.05, 4.69) is 48.1 Å². The minimum atomic E-state index is 0.356. The first-order valence-corrected chi connectivity index (χ1v) is 7.65. The van der Waals surface area contributed by atoms with Gasteiger partial charge in [-0.3, -0.25) is 0 Å². The molecule has 112 valence electrons. The van der Waals surface area contributed by atoms with Crippen molar-refractivity contribution in [1.29, 1.82) is 0 Å². The van der Waals surface area contributed by atoms with Crippen LogP contribution in [-0.4, -0.2) is 26.8 Å². The van der Waals surface area contributed by atoms with Gasteiger partial charge in [-0.1, -0.05) is 34.5 Å². The molecule has 0 bridgehead atoms. The standard InChI is InChI=1S/C16H24BrNO2/c1-6-7-18-12(3)11(2)8-13-9-15(19-4)16(20-5)10-14(13)17/h8-10,12,18H,6-7H2,1-5H3/b11-8+. The van der Waals surface area contributed by atoms with E-state index < -0.39 is 0 Å². The molecule has 1 N–H and O–H groups in total. The molecule has 0 fully saturated rings. The van der Waals surface area contributed by atoms with Gasteiger partial charge in [0.05, 0.1) is 14.2 Å². The van der Waals surface area contributed by atoms with Crippen molar-refractivity contribution >= 4 is 22.0 Å². The van der Waals surface area contributed by atoms with Crippen molar-refractivity contribution in [3.05, 3.63) is 27.7 Å². The average Bonchev–Trinajstić information content (AvgIpc) is 2.45. The van der Waals surface area contributed by atoms with Crippen molar-refractivity contribution in [2.24, 2.45) is 0 Å². The largest absolute Gasteiger partial charge is 0.493 e. The third-order valence-electron chi connectivity index (χ3n) is 3.27. The summed E-state index contributed by atoms with van der Waals surface area (Å²) in [5.74, 6) is 1.47. The maximum atomic E-state index is 5.35. The van der Waals surface area contributed by atoms with Crippen molar-refractivity contribution in [3.63, 3.8) is 0 Å². The van der Waals surface area contributed by atoms with Crippen LogP contribution in [-0.2, 0) is 0 Å². The monoisotopic (exact) mass is 341 g/mol. The lowest BCUT2D eigenvalue weighted by molar-refractivity contribution is 0.354. The molecule has 3 nitrogen and oxygen atoms in total. The molecule has 0 radical (unpaired) electrons. The molecule has 0 amide bonds. The fraction of sp³-hybridized carbons (Fsp3) is 0.500. The van der Waals surface area contributed by atoms with Gasteiger partial charge < -0.3 is 14.8 Å². The van der Waals surface area contributed by atoms with Crippen LogP contribution in [0, 0.1) is 0 Å². The van der Waals surface area contributed by atoms with Gasteiger partial charge in [-0.15, -0.1) is 0 Å². The van der Waals surface area contributed by atoms with Crippen LogP contribution in [0.4, 0.5) is 0 Å². The minimum absolute atomic E-state index is 0.356. The molecular formula is C16H24BrNO2. The van der Waals surface area contributed by atoms with E-state index in [1.807, 2.05) is 12.1 Å². The van der Waals surface area contributed by atoms with Crippen LogP contribution in [0.1, 0.15) is 32.8 Å². The Balaban J connectivity index is 3.01. The average molecular weight is 342 g/mol. The van der Waals surface area contributed by atoms with E-state index in [-0.39, 0.29) is 0 Å². The number of nitrogens with one attached hydrogen (secondary N) is 1. The Labute approximate surface area is 130 Å². The molecular weight excluding hydrogens is 318 g/mol. The van der Waals surface area contributed by atoms with Crippen molar-refractivity contribution in [3.8, 4) is 11.5 Å². The highest BCUT2D eigenvalue weighted by atomic mass is 79.9. The molecule has 0 saturated carbocycles. The van der Waals surface area contributed by atoms with Gasteiger partial charge in [-0.05, 0) is 44.5 Å². The normalized spacial score (nSPS) is 13.2. The highest BCUT2D eigenvalue weighted by Crippen LogP contribution is 2.34. The Morgan fingerprint density at radius 2 is 1.90 bits per heavy atom. The van der Waals surface area contributed by atoms with Gasteiger partial charge in [-0.25, -0.2) is 0 Å². The van der Waals surface area contributed by atoms with Crippen LogP contribution >= 0.6 is 15.9 Å². The molecule has 0 spiro atoms. The Hall–Kier alpha value is -1.00. The lowest BCUT2D eigenvalue weighted by Crippen LogP contribution is -2.27. The van der Waals surface area contributed by atoms with Crippen LogP contribution in [0.25, 0.3) is 6.08 Å². The second kappa shape index (κ2) is 8.32. The fourth-order valence-electron chi connectivity index (χ4n) is 1.87. The van der Waals surface area contributed by atoms with Gasteiger partial charge in [-0.2, -0.15) is 0 Å². The number of halogens is 1. The first-order valence-electron chi connectivity index (χ1n) is 6.86. The third-order valence-corrected chi connectivity index (χ3v) is 3.96. The van der Waals surface area contributed by atoms with Gasteiger partial charge in [0.15, 0.2) is 11.5 Å². The summed E-state index contributed by atoms with van der Waals surface area (Å²) >= 11 is 3.58. The minimum Gasteiger partial charge on any atom is -0.493 e. The fourth-order valence-corrected chi connectivity index (χ4v) is 2.31. The van der Waals surface area contributed by atoms with Gasteiger partial charge in [0.25, 0.3) is 0 Å². The Morgan fingerprint density at radius 3 is 2.45 bits per heavy atom. The van der Waals surface area contributed by atoms with E-state index in [0.717, 1.165) is 34.5 Å². The third kappa shape index (κ3) is 4.53. The second-order valence-corrected chi connectivity index (χ2v) is 5.65. The molecule has 0 aliphatic carbocycles. The van der Waals surface area contributed by atoms with Crippen molar-refractivity contribution in [1.82, 2.24) is 5.32 Å². The van der Waals surface area contributed by atoms with E-state index >= 15 is 0 Å². The first kappa shape index (κ1) is 17.1. The summed E-state index contributed by atoms with van der Waals surface area (Å²) in [5.41, 5.74) is 2.37. The first-order chi connectivity index (χ1) is 9.53. The molecule has 0 saturated heterocycles. The molecule has 20 heavy (non-hydrogen) atoms. The van der Waals surface area contributed by atoms with E-state index in [1.165, 1.54) is 5.57 Å². The lowest BCUT2D eigenvalue weighted by Gasteiger charge is -2.15. The summed E-state index contributed by atoms with van der Waals surface area (Å²) in [6.45, 7) is 7.51. The summed E-state index contributed by atoms with van der Waals surface area (Å²) in [6, 6.07) is 4.27. The molecule has 1 rings (SSSR count). The molecule has 4 heteroatoms. The summed E-state index contributed by atoms with van der Waals surface area (Å²) in [4.78, 5) is 0. The maximum absolute atomic E-state index is 5.35. The highest BCUT2D eigenvalue weighted by molar-refractivity contribution is 9.10. The Bertz CT molecular complexity index is 472. The summed E-state index contributed by atoms with van der Waals surface area (Å²) in [7, 11) is 3.29. The number of rotatable bonds is 7. The van der Waals surface area contributed by atoms with Gasteiger partial charge in [0, 0.05) is 10.5 Å². The zero-order valence-corrected chi connectivity index (χ0v) is 14.5. The second-order valence-electron chi connectivity index (χ2n) is 4.79. The summed E-state index contributed by atoms with van der Waals surface area (Å²) in [6.07, 6.45) is 3.30. The van der Waals surface area contributed by atoms with Gasteiger partial charge >= 0.3 is 0 Å². The van der Waals surface area contributed by atoms with Crippen LogP contribution in [0.2, 0.25) is 0 Å². The predicted molar refractivity (Wildman–Crippen MR) is 88.7 cm³/mol. The number of hydrogen-bond acceptors (Lipinski definition) is 3. The molecule has 1 unspecified atom stereocenters. The van der Waals surface area contributed by atoms with Crippen LogP contribution in [0.15, 0.2) is 22.2 Å². The molecule has 1 aromatic carbocycles. The number of hydrogen-bond donors (Lipinski definition) is 1. The number of benzene rings is 1. The van der Waals surface area contributed by atoms with Crippen molar-refractivity contribution < 1.29 is 9.47 Å². The van der Waals surface area contributed by atoms with E-state index in [4.69, 9.17) is 9.47 Å². The van der Waals surface area contributed by atoms with Crippen molar-refractivity contribution in [2.75, 3.05) is 20.8 Å². The van der Waals surface area contributed by atoms with Crippen molar-refractivity contribution in [2.45, 2.75) is 33.2 Å². The molecule has 0 heterocycles. The molecule has 0 aromatic heterocycles. The van der Waals surface area contributed by atoms with E-state index in [0.29, 0.717) is 6.04 Å². The zero-order valence-electron chi connectivity index (χ0n) is 12.9. The van der Waals surface area contributed by atoms with Crippen LogP contribution in [0.5, 0.6) is 11.5 Å². The quantitative estimate of drug-likeness (QED) is 0.803. The SMILES string of the molecule is CCCNC(C)/C(C)=C/c1cc(OC)c(OC)cc1Br. The smallest absolute Gasteiger partial charge is 0.161 e. The zero-order chi connectivity index (χ0) is 15.1. The van der Waals surface area contributed by atoms with Gasteiger partial charge in [0.1, 0.15) is 0 Å². The molecule has 0 aliphatic rings. The van der Waals surface area contributed by atoms with E-state index in [1.54, 1.807) is 14.2 Å². The van der Waals surface area contributed by atoms with Gasteiger partial charge in [0.2, 0.25) is 0 Å². The van der Waals surface area contributed by atoms with Crippen LogP contribution in [0.3, 0.4) is 0 Å². The predicted octanol–water partition coefficient (Wildman–Crippen LogP) is 4.26. The lowest BCUT2D eigenvalue weighted by atomic mass is 10.1. The van der Waals surface area contributed by atoms with Crippen LogP contribution < -0.4 is 14.8 Å². The molecule has 1 aromatic rings. The number of ether oxygens (including phenoxy) is 2.